The van der Waals surface area contributed by atoms with Crippen molar-refractivity contribution in [2.75, 3.05) is 26.4 Å². The van der Waals surface area contributed by atoms with E-state index in [1.807, 2.05) is 18.2 Å². The Morgan fingerprint density at radius 3 is 1.16 bits per heavy atom. The smallest absolute Gasteiger partial charge is 0.462 e. The van der Waals surface area contributed by atoms with Crippen molar-refractivity contribution in [2.45, 2.75) is 226 Å². The first-order chi connectivity index (χ1) is 37.2. The summed E-state index contributed by atoms with van der Waals surface area (Å²) in [5, 5.41) is 9.80. The average molecular weight is 1080 g/mol. The fraction of sp³-hybridized carbons (Fsp3) is 0.609. The van der Waals surface area contributed by atoms with Gasteiger partial charge in [0.25, 0.3) is 0 Å². The number of allylic oxidation sites excluding steroid dienone is 21. The van der Waals surface area contributed by atoms with Crippen LogP contribution in [0, 0.1) is 0 Å². The molecule has 0 rings (SSSR count). The first-order valence-electron chi connectivity index (χ1n) is 29.1. The first-order valence-corrected chi connectivity index (χ1v) is 30.6. The molecule has 3 unspecified atom stereocenters. The normalized spacial score (nSPS) is 14.3. The van der Waals surface area contributed by atoms with Crippen molar-refractivity contribution in [3.63, 3.8) is 0 Å². The highest BCUT2D eigenvalue weighted by molar-refractivity contribution is 7.47. The van der Waals surface area contributed by atoms with E-state index >= 15 is 0 Å². The van der Waals surface area contributed by atoms with E-state index in [-0.39, 0.29) is 25.9 Å². The second kappa shape index (κ2) is 56.8. The SMILES string of the molecule is CC/C=C\C/C=C\C/C=C\C/C=C\C/C=C\CC(=O)OC(CO)COP(=O)(O)OCC(COC(=O)CCCCCC/C=C\C/C=C\C/C=C\C/C=C\CC)OC(=O)CCCCCCCCC/C=C\C/C=C\CCCCC. The van der Waals surface area contributed by atoms with E-state index in [1.54, 1.807) is 6.08 Å². The zero-order valence-corrected chi connectivity index (χ0v) is 48.3. The second-order valence-electron chi connectivity index (χ2n) is 18.7. The molecule has 11 nitrogen and oxygen atoms in total. The molecule has 0 saturated carbocycles. The molecule has 0 fully saturated rings. The summed E-state index contributed by atoms with van der Waals surface area (Å²) >= 11 is 0. The third-order valence-corrected chi connectivity index (χ3v) is 12.5. The van der Waals surface area contributed by atoms with Gasteiger partial charge in [-0.1, -0.05) is 212 Å². The first kappa shape index (κ1) is 71.6. The van der Waals surface area contributed by atoms with E-state index in [4.69, 9.17) is 23.3 Å². The predicted octanol–water partition coefficient (Wildman–Crippen LogP) is 17.4. The van der Waals surface area contributed by atoms with Gasteiger partial charge in [0.15, 0.2) is 6.10 Å². The van der Waals surface area contributed by atoms with Crippen molar-refractivity contribution in [2.24, 2.45) is 0 Å². The van der Waals surface area contributed by atoms with Gasteiger partial charge in [0, 0.05) is 12.8 Å². The van der Waals surface area contributed by atoms with Crippen molar-refractivity contribution in [1.29, 1.82) is 0 Å². The van der Waals surface area contributed by atoms with Gasteiger partial charge in [-0.15, -0.1) is 0 Å². The molecule has 0 aromatic heterocycles. The Balaban J connectivity index is 4.88. The van der Waals surface area contributed by atoms with Crippen LogP contribution in [-0.4, -0.2) is 66.5 Å². The maximum Gasteiger partial charge on any atom is 0.472 e. The number of hydrogen-bond donors (Lipinski definition) is 2. The fourth-order valence-corrected chi connectivity index (χ4v) is 8.00. The highest BCUT2D eigenvalue weighted by Gasteiger charge is 2.28. The highest BCUT2D eigenvalue weighted by atomic mass is 31.2. The minimum atomic E-state index is -4.79. The lowest BCUT2D eigenvalue weighted by Gasteiger charge is -2.21. The highest BCUT2D eigenvalue weighted by Crippen LogP contribution is 2.43. The molecule has 0 aliphatic rings. The van der Waals surface area contributed by atoms with Crippen LogP contribution in [0.1, 0.15) is 213 Å². The lowest BCUT2D eigenvalue weighted by molar-refractivity contribution is -0.161. The third kappa shape index (κ3) is 54.4. The molecule has 0 saturated heterocycles. The van der Waals surface area contributed by atoms with Crippen molar-refractivity contribution >= 4 is 25.7 Å². The van der Waals surface area contributed by atoms with Crippen LogP contribution in [0.25, 0.3) is 0 Å². The minimum absolute atomic E-state index is 0.0638. The predicted molar refractivity (Wildman–Crippen MR) is 316 cm³/mol. The van der Waals surface area contributed by atoms with Crippen LogP contribution in [0.15, 0.2) is 134 Å². The summed E-state index contributed by atoms with van der Waals surface area (Å²) in [5.74, 6) is -1.65. The molecule has 0 radical (unpaired) electrons. The number of carbonyl (C=O) groups is 3. The minimum Gasteiger partial charge on any atom is -0.462 e. The van der Waals surface area contributed by atoms with E-state index in [0.29, 0.717) is 19.3 Å². The third-order valence-electron chi connectivity index (χ3n) is 11.6. The van der Waals surface area contributed by atoms with Crippen molar-refractivity contribution < 1.29 is 52.2 Å². The number of ether oxygens (including phenoxy) is 3. The van der Waals surface area contributed by atoms with E-state index in [0.717, 1.165) is 122 Å². The lowest BCUT2D eigenvalue weighted by Crippen LogP contribution is -2.30. The molecule has 12 heteroatoms. The second-order valence-corrected chi connectivity index (χ2v) is 20.2. The van der Waals surface area contributed by atoms with Crippen LogP contribution in [0.5, 0.6) is 0 Å². The number of carbonyl (C=O) groups excluding carboxylic acids is 3. The van der Waals surface area contributed by atoms with Crippen LogP contribution in [0.4, 0.5) is 0 Å². The Bertz CT molecular complexity index is 1780. The van der Waals surface area contributed by atoms with Gasteiger partial charge >= 0.3 is 25.7 Å². The summed E-state index contributed by atoms with van der Waals surface area (Å²) in [5.41, 5.74) is 0. The number of aliphatic hydroxyl groups excluding tert-OH is 1. The molecule has 0 aromatic carbocycles. The topological polar surface area (TPSA) is 155 Å². The van der Waals surface area contributed by atoms with E-state index in [2.05, 4.69) is 130 Å². The Hall–Kier alpha value is -4.38. The number of aliphatic hydroxyl groups is 1. The van der Waals surface area contributed by atoms with Crippen LogP contribution < -0.4 is 0 Å². The van der Waals surface area contributed by atoms with Crippen LogP contribution >= 0.6 is 7.82 Å². The van der Waals surface area contributed by atoms with E-state index in [1.165, 1.54) is 32.1 Å². The molecule has 3 atom stereocenters. The molecule has 0 heterocycles. The van der Waals surface area contributed by atoms with Gasteiger partial charge in [-0.05, 0) is 116 Å². The summed E-state index contributed by atoms with van der Waals surface area (Å²) in [6.07, 6.45) is 71.5. The summed E-state index contributed by atoms with van der Waals surface area (Å²) in [7, 11) is -4.79. The molecule has 2 N–H and O–H groups in total. The molecular formula is C64H103O11P. The van der Waals surface area contributed by atoms with Gasteiger partial charge in [0.1, 0.15) is 12.7 Å². The zero-order valence-electron chi connectivity index (χ0n) is 47.4. The molecule has 0 spiro atoms. The van der Waals surface area contributed by atoms with Gasteiger partial charge in [-0.3, -0.25) is 23.4 Å². The molecule has 0 amide bonds. The Labute approximate surface area is 461 Å². The number of hydrogen-bond acceptors (Lipinski definition) is 10. The average Bonchev–Trinajstić information content (AvgIpc) is 3.41. The van der Waals surface area contributed by atoms with Crippen LogP contribution in [0.3, 0.4) is 0 Å². The van der Waals surface area contributed by atoms with Gasteiger partial charge in [-0.25, -0.2) is 4.57 Å². The van der Waals surface area contributed by atoms with Crippen LogP contribution in [-0.2, 0) is 42.2 Å². The van der Waals surface area contributed by atoms with Gasteiger partial charge in [0.05, 0.1) is 26.2 Å². The Morgan fingerprint density at radius 1 is 0.395 bits per heavy atom. The summed E-state index contributed by atoms with van der Waals surface area (Å²) < 4.78 is 39.4. The molecule has 0 aliphatic heterocycles. The lowest BCUT2D eigenvalue weighted by atomic mass is 10.1. The van der Waals surface area contributed by atoms with Crippen molar-refractivity contribution in [1.82, 2.24) is 0 Å². The maximum absolute atomic E-state index is 12.9. The number of phosphoric acid groups is 1. The molecule has 0 aliphatic carbocycles. The molecular weight excluding hydrogens is 976 g/mol. The summed E-state index contributed by atoms with van der Waals surface area (Å²) in [4.78, 5) is 48.5. The van der Waals surface area contributed by atoms with Crippen molar-refractivity contribution in [3.05, 3.63) is 134 Å². The fourth-order valence-electron chi connectivity index (χ4n) is 7.22. The summed E-state index contributed by atoms with van der Waals surface area (Å²) in [6.45, 7) is 4.23. The van der Waals surface area contributed by atoms with Crippen molar-refractivity contribution in [3.8, 4) is 0 Å². The molecule has 430 valence electrons. The standard InChI is InChI=1S/C64H103O11P/c1-4-7-10-13-16-19-22-25-28-30-33-35-38-41-44-47-50-53-62(66)71-57-61(75-64(68)55-52-49-46-43-40-37-34-31-29-26-23-20-17-14-11-8-5-2)59-73-76(69,70)72-58-60(56-65)74-63(67)54-51-48-45-42-39-36-32-27-24-21-18-15-12-9-6-3/h7,9-10,12,16-21,25-29,32-33,35,39,42,48,51,60-61,65H,4-6,8,11,13-15,22-24,30-31,34,36-38,40-41,43-47,49-50,52-59H2,1-3H3,(H,69,70)/b10-7-,12-9-,19-16-,20-17-,21-18-,28-25-,29-26-,32-27-,35-33-,42-39-,51-48-. The number of unbranched alkanes of at least 4 members (excludes halogenated alkanes) is 14. The molecule has 76 heavy (non-hydrogen) atoms. The van der Waals surface area contributed by atoms with Crippen LogP contribution in [0.2, 0.25) is 0 Å². The number of phosphoric ester groups is 1. The Kier molecular flexibility index (Phi) is 53.5. The monoisotopic (exact) mass is 1080 g/mol. The largest absolute Gasteiger partial charge is 0.472 e. The van der Waals surface area contributed by atoms with Gasteiger partial charge in [0.2, 0.25) is 0 Å². The summed E-state index contributed by atoms with van der Waals surface area (Å²) in [6, 6.07) is 0. The van der Waals surface area contributed by atoms with E-state index < -0.39 is 57.8 Å². The molecule has 0 aromatic rings. The zero-order chi connectivity index (χ0) is 55.5. The number of rotatable bonds is 52. The van der Waals surface area contributed by atoms with E-state index in [9.17, 15) is 28.9 Å². The molecule has 0 bridgehead atoms. The number of esters is 3. The van der Waals surface area contributed by atoms with Gasteiger partial charge < -0.3 is 24.2 Å². The Morgan fingerprint density at radius 2 is 0.737 bits per heavy atom. The maximum atomic E-state index is 12.9. The van der Waals surface area contributed by atoms with Gasteiger partial charge in [-0.2, -0.15) is 0 Å². The quantitative estimate of drug-likeness (QED) is 0.0197.